The van der Waals surface area contributed by atoms with Crippen LogP contribution < -0.4 is 16.1 Å². The lowest BCUT2D eigenvalue weighted by Crippen LogP contribution is -3.14. The topological polar surface area (TPSA) is 84.7 Å². The van der Waals surface area contributed by atoms with Gasteiger partial charge in [0.05, 0.1) is 6.61 Å². The van der Waals surface area contributed by atoms with Crippen molar-refractivity contribution in [3.05, 3.63) is 26.7 Å². The molecule has 1 aliphatic rings. The molecule has 1 unspecified atom stereocenters. The molecule has 2 aromatic rings. The molecule has 9 nitrogen and oxygen atoms in total. The fourth-order valence-corrected chi connectivity index (χ4v) is 3.92. The summed E-state index contributed by atoms with van der Waals surface area (Å²) in [5, 5.41) is 0. The zero-order chi connectivity index (χ0) is 19.7. The first-order valence-electron chi connectivity index (χ1n) is 9.55. The normalized spacial score (nSPS) is 23.2. The maximum atomic E-state index is 12.8. The van der Waals surface area contributed by atoms with Crippen LogP contribution in [0.5, 0.6) is 0 Å². The second-order valence-electron chi connectivity index (χ2n) is 7.35. The summed E-state index contributed by atoms with van der Waals surface area (Å²) in [6, 6.07) is 0. The number of morpholine rings is 1. The number of aryl methyl sites for hydroxylation is 1. The Kier molecular flexibility index (Phi) is 5.83. The predicted octanol–water partition coefficient (Wildman–Crippen LogP) is -1.34. The summed E-state index contributed by atoms with van der Waals surface area (Å²) in [5.74, 6) is 0.805. The molecule has 0 spiro atoms. The van der Waals surface area contributed by atoms with E-state index in [0.29, 0.717) is 37.5 Å². The van der Waals surface area contributed by atoms with Crippen LogP contribution in [-0.4, -0.2) is 57.2 Å². The van der Waals surface area contributed by atoms with Crippen molar-refractivity contribution in [3.63, 3.8) is 0 Å². The van der Waals surface area contributed by atoms with Gasteiger partial charge >= 0.3 is 5.69 Å². The summed E-state index contributed by atoms with van der Waals surface area (Å²) in [6.07, 6.45) is 0.365. The van der Waals surface area contributed by atoms with Crippen molar-refractivity contribution in [3.8, 4) is 0 Å². The van der Waals surface area contributed by atoms with Gasteiger partial charge in [-0.05, 0) is 20.8 Å². The molecular weight excluding hydrogens is 350 g/mol. The molecule has 1 N–H and O–H groups in total. The van der Waals surface area contributed by atoms with Crippen LogP contribution in [0.2, 0.25) is 0 Å². The van der Waals surface area contributed by atoms with Crippen LogP contribution in [0.25, 0.3) is 11.2 Å². The summed E-state index contributed by atoms with van der Waals surface area (Å²) < 4.78 is 15.8. The Bertz CT molecular complexity index is 918. The summed E-state index contributed by atoms with van der Waals surface area (Å²) in [6.45, 7) is 10.2. The number of aromatic nitrogens is 4. The standard InChI is InChI=1S/C18H29N5O4/c1-6-26-8-7-23-14(11-22-9-12(2)27-13(3)10-22)19-16-15(23)17(24)21(5)18(25)20(16)4/h12-13H,6-11H2,1-5H3/p+1/t12-,13+. The van der Waals surface area contributed by atoms with Gasteiger partial charge < -0.3 is 18.9 Å². The van der Waals surface area contributed by atoms with Gasteiger partial charge in [-0.3, -0.25) is 13.9 Å². The third-order valence-electron chi connectivity index (χ3n) is 5.12. The molecule has 0 amide bonds. The lowest BCUT2D eigenvalue weighted by atomic mass is 10.2. The van der Waals surface area contributed by atoms with Crippen molar-refractivity contribution in [2.24, 2.45) is 14.1 Å². The Labute approximate surface area is 158 Å². The number of nitrogens with one attached hydrogen (secondary N) is 1. The molecular formula is C18H30N5O4+. The molecule has 2 aromatic heterocycles. The third kappa shape index (κ3) is 3.85. The molecule has 0 bridgehead atoms. The first-order chi connectivity index (χ1) is 12.8. The number of fused-ring (bicyclic) bond motifs is 1. The van der Waals surface area contributed by atoms with E-state index in [1.807, 2.05) is 11.5 Å². The minimum atomic E-state index is -0.366. The highest BCUT2D eigenvalue weighted by Crippen LogP contribution is 2.11. The van der Waals surface area contributed by atoms with Crippen molar-refractivity contribution < 1.29 is 14.4 Å². The number of quaternary nitrogens is 1. The summed E-state index contributed by atoms with van der Waals surface area (Å²) in [4.78, 5) is 31.1. The van der Waals surface area contributed by atoms with Gasteiger partial charge in [0.25, 0.3) is 5.56 Å². The number of rotatable bonds is 6. The highest BCUT2D eigenvalue weighted by Gasteiger charge is 2.28. The van der Waals surface area contributed by atoms with Crippen LogP contribution in [0.3, 0.4) is 0 Å². The van der Waals surface area contributed by atoms with Gasteiger partial charge in [-0.15, -0.1) is 0 Å². The highest BCUT2D eigenvalue weighted by molar-refractivity contribution is 5.71. The molecule has 0 aliphatic carbocycles. The summed E-state index contributed by atoms with van der Waals surface area (Å²) >= 11 is 0. The second-order valence-corrected chi connectivity index (χ2v) is 7.35. The lowest BCUT2D eigenvalue weighted by molar-refractivity contribution is -0.929. The largest absolute Gasteiger partial charge is 0.380 e. The third-order valence-corrected chi connectivity index (χ3v) is 5.12. The fraction of sp³-hybridized carbons (Fsp3) is 0.722. The number of ether oxygens (including phenoxy) is 2. The Morgan fingerprint density at radius 2 is 1.85 bits per heavy atom. The molecule has 1 saturated heterocycles. The van der Waals surface area contributed by atoms with Crippen LogP contribution in [0, 0.1) is 0 Å². The monoisotopic (exact) mass is 380 g/mol. The number of hydrogen-bond acceptors (Lipinski definition) is 5. The first kappa shape index (κ1) is 19.8. The van der Waals surface area contributed by atoms with Crippen LogP contribution in [0.4, 0.5) is 0 Å². The van der Waals surface area contributed by atoms with Crippen molar-refractivity contribution in [2.45, 2.75) is 46.1 Å². The van der Waals surface area contributed by atoms with Crippen LogP contribution in [0.15, 0.2) is 9.59 Å². The van der Waals surface area contributed by atoms with Crippen molar-refractivity contribution >= 4 is 11.2 Å². The summed E-state index contributed by atoms with van der Waals surface area (Å²) in [5.41, 5.74) is 0.211. The quantitative estimate of drug-likeness (QED) is 0.628. The number of hydrogen-bond donors (Lipinski definition) is 1. The fourth-order valence-electron chi connectivity index (χ4n) is 3.92. The molecule has 1 fully saturated rings. The molecule has 0 aromatic carbocycles. The molecule has 0 saturated carbocycles. The number of imidazole rings is 1. The van der Waals surface area contributed by atoms with E-state index >= 15 is 0 Å². The maximum Gasteiger partial charge on any atom is 0.332 e. The van der Waals surface area contributed by atoms with Gasteiger partial charge in [-0.1, -0.05) is 0 Å². The van der Waals surface area contributed by atoms with Gasteiger partial charge in [0.15, 0.2) is 17.0 Å². The second kappa shape index (κ2) is 7.95. The molecule has 9 heteroatoms. The molecule has 3 heterocycles. The van der Waals surface area contributed by atoms with E-state index < -0.39 is 0 Å². The van der Waals surface area contributed by atoms with E-state index in [0.717, 1.165) is 23.5 Å². The van der Waals surface area contributed by atoms with Gasteiger partial charge in [0.1, 0.15) is 31.8 Å². The minimum Gasteiger partial charge on any atom is -0.380 e. The van der Waals surface area contributed by atoms with Gasteiger partial charge in [0.2, 0.25) is 0 Å². The lowest BCUT2D eigenvalue weighted by Gasteiger charge is -2.32. The van der Waals surface area contributed by atoms with Crippen LogP contribution in [-0.2, 0) is 36.7 Å². The Morgan fingerprint density at radius 1 is 1.19 bits per heavy atom. The van der Waals surface area contributed by atoms with Crippen LogP contribution >= 0.6 is 0 Å². The van der Waals surface area contributed by atoms with Crippen molar-refractivity contribution in [2.75, 3.05) is 26.3 Å². The van der Waals surface area contributed by atoms with E-state index in [2.05, 4.69) is 13.8 Å². The molecule has 3 atom stereocenters. The van der Waals surface area contributed by atoms with Crippen molar-refractivity contribution in [1.82, 2.24) is 18.7 Å². The average Bonchev–Trinajstić information content (AvgIpc) is 2.96. The van der Waals surface area contributed by atoms with E-state index in [-0.39, 0.29) is 23.5 Å². The highest BCUT2D eigenvalue weighted by atomic mass is 16.5. The average molecular weight is 380 g/mol. The molecule has 0 radical (unpaired) electrons. The van der Waals surface area contributed by atoms with E-state index in [4.69, 9.17) is 14.5 Å². The first-order valence-corrected chi connectivity index (χ1v) is 9.55. The van der Waals surface area contributed by atoms with Gasteiger partial charge in [-0.2, -0.15) is 0 Å². The zero-order valence-electron chi connectivity index (χ0n) is 16.8. The van der Waals surface area contributed by atoms with Gasteiger partial charge in [0, 0.05) is 27.2 Å². The maximum absolute atomic E-state index is 12.8. The predicted molar refractivity (Wildman–Crippen MR) is 101 cm³/mol. The van der Waals surface area contributed by atoms with E-state index in [1.54, 1.807) is 7.05 Å². The van der Waals surface area contributed by atoms with Crippen LogP contribution in [0.1, 0.15) is 26.6 Å². The molecule has 1 aliphatic heterocycles. The number of nitrogens with zero attached hydrogens (tertiary/aromatic N) is 4. The smallest absolute Gasteiger partial charge is 0.332 e. The van der Waals surface area contributed by atoms with E-state index in [9.17, 15) is 9.59 Å². The Morgan fingerprint density at radius 3 is 2.48 bits per heavy atom. The van der Waals surface area contributed by atoms with Gasteiger partial charge in [-0.25, -0.2) is 9.78 Å². The molecule has 150 valence electrons. The molecule has 27 heavy (non-hydrogen) atoms. The Balaban J connectivity index is 2.06. The summed E-state index contributed by atoms with van der Waals surface area (Å²) in [7, 11) is 3.15. The molecule has 3 rings (SSSR count). The zero-order valence-corrected chi connectivity index (χ0v) is 16.8. The Hall–Kier alpha value is -1.97. The van der Waals surface area contributed by atoms with E-state index in [1.165, 1.54) is 16.5 Å². The van der Waals surface area contributed by atoms with Crippen molar-refractivity contribution in [1.29, 1.82) is 0 Å². The SMILES string of the molecule is CCOCCn1c(C[NH+]2C[C@@H](C)O[C@@H](C)C2)nc2c1c(=O)n(C)c(=O)n2C. The minimum absolute atomic E-state index is 0.183.